The Hall–Kier alpha value is -2.76. The summed E-state index contributed by atoms with van der Waals surface area (Å²) < 4.78 is 83.7. The lowest BCUT2D eigenvalue weighted by atomic mass is 10.1. The molecule has 0 spiro atoms. The van der Waals surface area contributed by atoms with Crippen molar-refractivity contribution in [1.82, 2.24) is 4.90 Å². The molecule has 0 aromatic heterocycles. The molecule has 1 aromatic rings. The van der Waals surface area contributed by atoms with Crippen molar-refractivity contribution < 1.29 is 45.8 Å². The zero-order valence-electron chi connectivity index (χ0n) is 13.6. The van der Waals surface area contributed by atoms with Gasteiger partial charge in [0.25, 0.3) is 5.91 Å². The van der Waals surface area contributed by atoms with Crippen LogP contribution < -0.4 is 5.32 Å². The van der Waals surface area contributed by atoms with E-state index >= 15 is 0 Å². The minimum atomic E-state index is -5.34. The fourth-order valence-corrected chi connectivity index (χ4v) is 2.38. The Labute approximate surface area is 148 Å². The molecule has 1 aliphatic heterocycles. The Morgan fingerprint density at radius 1 is 1.26 bits per heavy atom. The number of aliphatic hydroxyl groups is 1. The van der Waals surface area contributed by atoms with E-state index < -0.39 is 59.1 Å². The van der Waals surface area contributed by atoms with Crippen molar-refractivity contribution in [1.29, 1.82) is 0 Å². The highest BCUT2D eigenvalue weighted by Gasteiger charge is 2.39. The van der Waals surface area contributed by atoms with Crippen LogP contribution in [0.5, 0.6) is 0 Å². The van der Waals surface area contributed by atoms with Crippen molar-refractivity contribution in [3.05, 3.63) is 40.4 Å². The lowest BCUT2D eigenvalue weighted by Crippen LogP contribution is -2.31. The van der Waals surface area contributed by atoms with Crippen LogP contribution in [0.15, 0.2) is 17.3 Å². The molecule has 1 heterocycles. The topological polar surface area (TPSA) is 78.9 Å². The smallest absolute Gasteiger partial charge is 0.419 e. The van der Waals surface area contributed by atoms with Crippen LogP contribution in [0.25, 0.3) is 0 Å². The van der Waals surface area contributed by atoms with Crippen molar-refractivity contribution in [2.75, 3.05) is 32.1 Å². The number of benzene rings is 1. The lowest BCUT2D eigenvalue weighted by Gasteiger charge is -2.16. The van der Waals surface area contributed by atoms with E-state index in [1.165, 1.54) is 0 Å². The average molecular weight is 398 g/mol. The molecule has 6 nitrogen and oxygen atoms in total. The van der Waals surface area contributed by atoms with E-state index in [4.69, 9.17) is 5.11 Å². The van der Waals surface area contributed by atoms with Crippen molar-refractivity contribution in [2.24, 2.45) is 0 Å². The Balaban J connectivity index is 2.54. The Bertz CT molecular complexity index is 822. The largest absolute Gasteiger partial charge is 0.466 e. The van der Waals surface area contributed by atoms with E-state index in [0.717, 1.165) is 12.0 Å². The van der Waals surface area contributed by atoms with Crippen LogP contribution >= 0.6 is 0 Å². The summed E-state index contributed by atoms with van der Waals surface area (Å²) in [5.74, 6) is -8.87. The van der Waals surface area contributed by atoms with Crippen LogP contribution in [0.1, 0.15) is 5.56 Å². The predicted octanol–water partition coefficient (Wildman–Crippen LogP) is 1.80. The van der Waals surface area contributed by atoms with E-state index in [1.54, 1.807) is 0 Å². The maximum absolute atomic E-state index is 13.9. The minimum absolute atomic E-state index is 0.0579. The zero-order valence-corrected chi connectivity index (χ0v) is 13.6. The van der Waals surface area contributed by atoms with Crippen LogP contribution in [0.2, 0.25) is 0 Å². The average Bonchev–Trinajstić information content (AvgIpc) is 2.90. The second kappa shape index (κ2) is 7.47. The molecule has 0 saturated heterocycles. The third-order valence-corrected chi connectivity index (χ3v) is 3.67. The van der Waals surface area contributed by atoms with Gasteiger partial charge in [0.05, 0.1) is 37.1 Å². The number of aliphatic hydroxyl groups excluding tert-OH is 1. The van der Waals surface area contributed by atoms with Crippen molar-refractivity contribution in [3.63, 3.8) is 0 Å². The van der Waals surface area contributed by atoms with Gasteiger partial charge in [0.15, 0.2) is 17.5 Å². The minimum Gasteiger partial charge on any atom is -0.466 e. The maximum atomic E-state index is 13.9. The predicted molar refractivity (Wildman–Crippen MR) is 77.6 cm³/mol. The molecular weight excluding hydrogens is 386 g/mol. The number of nitrogens with zero attached hydrogens (tertiary/aromatic N) is 1. The normalized spacial score (nSPS) is 14.8. The quantitative estimate of drug-likeness (QED) is 0.449. The van der Waals surface area contributed by atoms with Gasteiger partial charge in [0.1, 0.15) is 5.70 Å². The molecule has 12 heteroatoms. The monoisotopic (exact) mass is 398 g/mol. The standard InChI is InChI=1S/C15H12F6N2O4/c1-27-14(26)6-5-23(2-3-24)13(25)12(6)22-8-4-7(15(19,20)21)9(16)11(18)10(8)17/h4,22,24H,2-3,5H2,1H3. The first kappa shape index (κ1) is 20.6. The summed E-state index contributed by atoms with van der Waals surface area (Å²) in [6, 6.07) is -0.0579. The summed E-state index contributed by atoms with van der Waals surface area (Å²) in [4.78, 5) is 25.0. The molecule has 1 aromatic carbocycles. The van der Waals surface area contributed by atoms with E-state index in [2.05, 4.69) is 4.74 Å². The van der Waals surface area contributed by atoms with E-state index in [9.17, 15) is 35.9 Å². The fourth-order valence-electron chi connectivity index (χ4n) is 2.38. The number of anilines is 1. The summed E-state index contributed by atoms with van der Waals surface area (Å²) in [6.45, 7) is -1.12. The van der Waals surface area contributed by atoms with Gasteiger partial charge in [-0.15, -0.1) is 0 Å². The van der Waals surface area contributed by atoms with Crippen LogP contribution in [0.3, 0.4) is 0 Å². The number of hydrogen-bond donors (Lipinski definition) is 2. The van der Waals surface area contributed by atoms with Crippen LogP contribution in [0, 0.1) is 17.5 Å². The molecule has 2 rings (SSSR count). The Morgan fingerprint density at radius 3 is 2.41 bits per heavy atom. The molecule has 0 unspecified atom stereocenters. The van der Waals surface area contributed by atoms with E-state index in [-0.39, 0.29) is 24.7 Å². The summed E-state index contributed by atoms with van der Waals surface area (Å²) in [7, 11) is 0.964. The molecule has 27 heavy (non-hydrogen) atoms. The first-order chi connectivity index (χ1) is 12.5. The molecule has 0 bridgehead atoms. The number of carbonyl (C=O) groups excluding carboxylic acids is 2. The summed E-state index contributed by atoms with van der Waals surface area (Å²) >= 11 is 0. The van der Waals surface area contributed by atoms with Crippen LogP contribution in [-0.4, -0.2) is 48.7 Å². The molecule has 0 fully saturated rings. The first-order valence-electron chi connectivity index (χ1n) is 7.26. The number of esters is 1. The number of carbonyl (C=O) groups is 2. The third kappa shape index (κ3) is 3.84. The molecule has 1 amide bonds. The summed E-state index contributed by atoms with van der Waals surface area (Å²) in [5.41, 5.74) is -4.35. The van der Waals surface area contributed by atoms with Crippen molar-refractivity contribution >= 4 is 17.6 Å². The number of nitrogens with one attached hydrogen (secondary N) is 1. The number of ether oxygens (including phenoxy) is 1. The van der Waals surface area contributed by atoms with Gasteiger partial charge in [0.2, 0.25) is 0 Å². The number of β-amino-alcohol motifs (C(OH)–C–C–N with tert-alkyl or cyclic N) is 1. The molecule has 0 saturated carbocycles. The number of methoxy groups -OCH3 is 1. The number of alkyl halides is 3. The van der Waals surface area contributed by atoms with Gasteiger partial charge in [-0.3, -0.25) is 4.79 Å². The van der Waals surface area contributed by atoms with Crippen LogP contribution in [-0.2, 0) is 20.5 Å². The number of halogens is 6. The van der Waals surface area contributed by atoms with Gasteiger partial charge < -0.3 is 20.1 Å². The fraction of sp³-hybridized carbons (Fsp3) is 0.333. The summed E-state index contributed by atoms with van der Waals surface area (Å²) in [6.07, 6.45) is -5.34. The molecule has 2 N–H and O–H groups in total. The lowest BCUT2D eigenvalue weighted by molar-refractivity contribution is -0.140. The number of amides is 1. The van der Waals surface area contributed by atoms with Crippen molar-refractivity contribution in [3.8, 4) is 0 Å². The third-order valence-electron chi connectivity index (χ3n) is 3.67. The van der Waals surface area contributed by atoms with Crippen LogP contribution in [0.4, 0.5) is 32.0 Å². The highest BCUT2D eigenvalue weighted by molar-refractivity contribution is 6.08. The molecule has 0 aliphatic carbocycles. The van der Waals surface area contributed by atoms with Gasteiger partial charge in [-0.05, 0) is 6.07 Å². The molecule has 148 valence electrons. The molecule has 1 aliphatic rings. The SMILES string of the molecule is COC(=O)C1=C(Nc2cc(C(F)(F)F)c(F)c(F)c2F)C(=O)N(CCO)C1. The Kier molecular flexibility index (Phi) is 5.68. The van der Waals surface area contributed by atoms with E-state index in [1.807, 2.05) is 5.32 Å². The number of hydrogen-bond acceptors (Lipinski definition) is 5. The highest BCUT2D eigenvalue weighted by Crippen LogP contribution is 2.36. The van der Waals surface area contributed by atoms with Gasteiger partial charge in [-0.25, -0.2) is 18.0 Å². The van der Waals surface area contributed by atoms with Gasteiger partial charge in [-0.2, -0.15) is 13.2 Å². The molecule has 0 atom stereocenters. The Morgan fingerprint density at radius 2 is 1.89 bits per heavy atom. The molecule has 0 radical (unpaired) electrons. The van der Waals surface area contributed by atoms with Crippen molar-refractivity contribution in [2.45, 2.75) is 6.18 Å². The van der Waals surface area contributed by atoms with E-state index in [0.29, 0.717) is 0 Å². The summed E-state index contributed by atoms with van der Waals surface area (Å²) in [5, 5.41) is 10.8. The molecular formula is C15H12F6N2O4. The van der Waals surface area contributed by atoms with Gasteiger partial charge in [0, 0.05) is 6.54 Å². The first-order valence-corrected chi connectivity index (χ1v) is 7.26. The zero-order chi connectivity index (χ0) is 20.5. The second-order valence-electron chi connectivity index (χ2n) is 5.33. The number of rotatable bonds is 5. The van der Waals surface area contributed by atoms with Gasteiger partial charge in [-0.1, -0.05) is 0 Å². The maximum Gasteiger partial charge on any atom is 0.419 e. The van der Waals surface area contributed by atoms with Gasteiger partial charge >= 0.3 is 12.1 Å². The highest BCUT2D eigenvalue weighted by atomic mass is 19.4. The second-order valence-corrected chi connectivity index (χ2v) is 5.33.